The van der Waals surface area contributed by atoms with Gasteiger partial charge in [0.1, 0.15) is 37.0 Å². The van der Waals surface area contributed by atoms with Crippen molar-refractivity contribution >= 4 is 29.7 Å². The van der Waals surface area contributed by atoms with Gasteiger partial charge in [-0.05, 0) is 26.2 Å². The van der Waals surface area contributed by atoms with Gasteiger partial charge in [-0.1, -0.05) is 104 Å². The van der Waals surface area contributed by atoms with Crippen LogP contribution < -0.4 is 16.8 Å². The number of carbonyl (C=O) groups is 5. The van der Waals surface area contributed by atoms with Gasteiger partial charge in [-0.2, -0.15) is 0 Å². The molecule has 0 bridgehead atoms. The Morgan fingerprint density at radius 2 is 1.38 bits per heavy atom. The van der Waals surface area contributed by atoms with Gasteiger partial charge >= 0.3 is 11.9 Å². The average Bonchev–Trinajstić information content (AvgIpc) is 3.10. The van der Waals surface area contributed by atoms with Crippen LogP contribution in [0.2, 0.25) is 0 Å². The Balaban J connectivity index is 2.67. The zero-order valence-corrected chi connectivity index (χ0v) is 32.7. The molecule has 1 rings (SSSR count). The lowest BCUT2D eigenvalue weighted by Crippen LogP contribution is -2.66. The van der Waals surface area contributed by atoms with Crippen molar-refractivity contribution < 1.29 is 53.5 Å². The van der Waals surface area contributed by atoms with Gasteiger partial charge < -0.3 is 51.2 Å². The van der Waals surface area contributed by atoms with Crippen LogP contribution in [0.25, 0.3) is 0 Å². The number of aliphatic hydroxyl groups is 2. The maximum absolute atomic E-state index is 13.2. The number of esters is 1. The SMILES string of the molecule is CCCCCCCCCCCCCCCCCC(=O)OC[C@H]1O[C@H](O)[C@H](NC(C)=O)[C@@H](OC(C)CN(C(=O)C(N)CC)[C@H](CCC(=O)O)C(N)=O)[C@@H]1O. The number of aliphatic carboxylic acids is 1. The standard InChI is InChI=1S/C38H70N4O11/c1-5-7-8-9-10-11-12-13-14-15-16-17-18-19-20-21-32(46)51-25-30-34(47)35(33(38(50)53-30)41-27(4)43)52-26(3)24-42(37(49)28(39)6-2)29(36(40)48)22-23-31(44)45/h26,28-30,33-35,38,47,50H,5-25,39H2,1-4H3,(H2,40,48)(H,41,43)(H,44,45)/t26?,28?,29-,30-,33-,34-,35-,38+/m1/s1. The van der Waals surface area contributed by atoms with Crippen LogP contribution in [0.5, 0.6) is 0 Å². The van der Waals surface area contributed by atoms with Crippen LogP contribution in [-0.4, -0.2) is 112 Å². The van der Waals surface area contributed by atoms with Crippen LogP contribution in [0, 0.1) is 0 Å². The monoisotopic (exact) mass is 759 g/mol. The fraction of sp³-hybridized carbons (Fsp3) is 0.868. The third-order valence-electron chi connectivity index (χ3n) is 9.68. The molecule has 15 heteroatoms. The molecular formula is C38H70N4O11. The number of nitrogens with one attached hydrogen (secondary N) is 1. The Kier molecular flexibility index (Phi) is 25.2. The summed E-state index contributed by atoms with van der Waals surface area (Å²) in [6, 6.07) is -3.57. The highest BCUT2D eigenvalue weighted by atomic mass is 16.6. The van der Waals surface area contributed by atoms with E-state index < -0.39 is 84.9 Å². The summed E-state index contributed by atoms with van der Waals surface area (Å²) in [7, 11) is 0. The number of unbranched alkanes of at least 4 members (excludes halogenated alkanes) is 14. The van der Waals surface area contributed by atoms with Gasteiger partial charge in [-0.25, -0.2) is 0 Å². The highest BCUT2D eigenvalue weighted by Gasteiger charge is 2.47. The second kappa shape index (κ2) is 27.7. The summed E-state index contributed by atoms with van der Waals surface area (Å²) in [6.45, 7) is 5.97. The molecule has 8 N–H and O–H groups in total. The van der Waals surface area contributed by atoms with E-state index in [1.807, 2.05) is 0 Å². The molecule has 0 saturated carbocycles. The minimum Gasteiger partial charge on any atom is -0.481 e. The zero-order valence-electron chi connectivity index (χ0n) is 32.7. The molecule has 0 aromatic rings. The maximum Gasteiger partial charge on any atom is 0.305 e. The molecule has 2 unspecified atom stereocenters. The minimum atomic E-state index is -1.65. The van der Waals surface area contributed by atoms with Gasteiger partial charge in [0.25, 0.3) is 0 Å². The summed E-state index contributed by atoms with van der Waals surface area (Å²) in [4.78, 5) is 62.4. The van der Waals surface area contributed by atoms with Gasteiger partial charge in [0.05, 0.1) is 12.1 Å². The smallest absolute Gasteiger partial charge is 0.305 e. The number of aliphatic hydroxyl groups excluding tert-OH is 2. The van der Waals surface area contributed by atoms with E-state index in [0.29, 0.717) is 6.42 Å². The fourth-order valence-electron chi connectivity index (χ4n) is 6.57. The van der Waals surface area contributed by atoms with Crippen LogP contribution in [0.4, 0.5) is 0 Å². The molecule has 0 aromatic heterocycles. The van der Waals surface area contributed by atoms with Crippen molar-refractivity contribution in [3.05, 3.63) is 0 Å². The number of carboxylic acids is 1. The van der Waals surface area contributed by atoms with Crippen LogP contribution in [-0.2, 0) is 38.2 Å². The van der Waals surface area contributed by atoms with E-state index in [9.17, 15) is 39.3 Å². The predicted octanol–water partition coefficient (Wildman–Crippen LogP) is 3.43. The van der Waals surface area contributed by atoms with E-state index in [1.54, 1.807) is 6.92 Å². The summed E-state index contributed by atoms with van der Waals surface area (Å²) in [5.74, 6) is -3.79. The van der Waals surface area contributed by atoms with E-state index in [-0.39, 0.29) is 32.4 Å². The van der Waals surface area contributed by atoms with E-state index in [4.69, 9.17) is 25.7 Å². The molecule has 3 amide bonds. The number of hydrogen-bond donors (Lipinski definition) is 6. The first-order valence-electron chi connectivity index (χ1n) is 19.9. The summed E-state index contributed by atoms with van der Waals surface area (Å²) in [5, 5.41) is 33.8. The normalized spacial score (nSPS) is 21.7. The molecule has 0 aliphatic carbocycles. The van der Waals surface area contributed by atoms with Crippen LogP contribution in [0.3, 0.4) is 0 Å². The highest BCUT2D eigenvalue weighted by Crippen LogP contribution is 2.25. The molecule has 53 heavy (non-hydrogen) atoms. The molecule has 1 aliphatic heterocycles. The van der Waals surface area contributed by atoms with Crippen molar-refractivity contribution in [2.45, 2.75) is 199 Å². The fourth-order valence-corrected chi connectivity index (χ4v) is 6.57. The highest BCUT2D eigenvalue weighted by molar-refractivity contribution is 5.89. The average molecular weight is 759 g/mol. The molecule has 1 aliphatic rings. The molecule has 1 fully saturated rings. The summed E-state index contributed by atoms with van der Waals surface area (Å²) in [6.07, 6.45) is 11.2. The first-order valence-corrected chi connectivity index (χ1v) is 19.9. The van der Waals surface area contributed by atoms with Crippen molar-refractivity contribution in [1.82, 2.24) is 10.2 Å². The van der Waals surface area contributed by atoms with E-state index in [2.05, 4.69) is 12.2 Å². The molecule has 1 heterocycles. The number of primary amides is 1. The molecule has 308 valence electrons. The number of nitrogens with zero attached hydrogens (tertiary/aromatic N) is 1. The molecule has 0 spiro atoms. The van der Waals surface area contributed by atoms with Crippen LogP contribution >= 0.6 is 0 Å². The summed E-state index contributed by atoms with van der Waals surface area (Å²) >= 11 is 0. The van der Waals surface area contributed by atoms with Crippen molar-refractivity contribution in [3.63, 3.8) is 0 Å². The number of amides is 3. The van der Waals surface area contributed by atoms with Gasteiger partial charge in [0.15, 0.2) is 6.29 Å². The van der Waals surface area contributed by atoms with Gasteiger partial charge in [0, 0.05) is 26.3 Å². The molecular weight excluding hydrogens is 688 g/mol. The van der Waals surface area contributed by atoms with Crippen molar-refractivity contribution in [2.24, 2.45) is 11.5 Å². The quantitative estimate of drug-likeness (QED) is 0.0456. The number of carboxylic acid groups (broad SMARTS) is 1. The third-order valence-corrected chi connectivity index (χ3v) is 9.68. The van der Waals surface area contributed by atoms with Gasteiger partial charge in [-0.15, -0.1) is 0 Å². The molecule has 15 nitrogen and oxygen atoms in total. The van der Waals surface area contributed by atoms with Crippen molar-refractivity contribution in [3.8, 4) is 0 Å². The molecule has 0 radical (unpaired) electrons. The van der Waals surface area contributed by atoms with Crippen molar-refractivity contribution in [2.75, 3.05) is 13.2 Å². The second-order valence-corrected chi connectivity index (χ2v) is 14.4. The van der Waals surface area contributed by atoms with E-state index in [0.717, 1.165) is 24.2 Å². The Bertz CT molecular complexity index is 1080. The summed E-state index contributed by atoms with van der Waals surface area (Å²) < 4.78 is 17.0. The predicted molar refractivity (Wildman–Crippen MR) is 199 cm³/mol. The third kappa shape index (κ3) is 19.9. The van der Waals surface area contributed by atoms with Gasteiger partial charge in [0.2, 0.25) is 17.7 Å². The number of rotatable bonds is 30. The van der Waals surface area contributed by atoms with Crippen LogP contribution in [0.1, 0.15) is 150 Å². The van der Waals surface area contributed by atoms with Crippen LogP contribution in [0.15, 0.2) is 0 Å². The lowest BCUT2D eigenvalue weighted by molar-refractivity contribution is -0.269. The first kappa shape index (κ1) is 48.2. The first-order chi connectivity index (χ1) is 25.2. The van der Waals surface area contributed by atoms with Crippen molar-refractivity contribution in [1.29, 1.82) is 0 Å². The molecule has 1 saturated heterocycles. The number of hydrogen-bond acceptors (Lipinski definition) is 11. The largest absolute Gasteiger partial charge is 0.481 e. The molecule has 0 aromatic carbocycles. The minimum absolute atomic E-state index is 0.196. The summed E-state index contributed by atoms with van der Waals surface area (Å²) in [5.41, 5.74) is 11.5. The zero-order chi connectivity index (χ0) is 39.8. The number of nitrogens with two attached hydrogens (primary N) is 2. The number of ether oxygens (including phenoxy) is 3. The Morgan fingerprint density at radius 1 is 0.849 bits per heavy atom. The Hall–Kier alpha value is -2.85. The second-order valence-electron chi connectivity index (χ2n) is 14.4. The van der Waals surface area contributed by atoms with Gasteiger partial charge in [-0.3, -0.25) is 24.0 Å². The van der Waals surface area contributed by atoms with E-state index >= 15 is 0 Å². The van der Waals surface area contributed by atoms with E-state index in [1.165, 1.54) is 84.5 Å². The topological polar surface area (TPSA) is 241 Å². The number of carbonyl (C=O) groups excluding carboxylic acids is 4. The maximum atomic E-state index is 13.2. The Morgan fingerprint density at radius 3 is 1.85 bits per heavy atom. The molecule has 8 atom stereocenters. The lowest BCUT2D eigenvalue weighted by Gasteiger charge is -2.44. The Labute approximate surface area is 316 Å². The lowest BCUT2D eigenvalue weighted by atomic mass is 9.96.